The zero-order valence-electron chi connectivity index (χ0n) is 11.8. The Kier molecular flexibility index (Phi) is 3.48. The highest BCUT2D eigenvalue weighted by atomic mass is 35.5. The summed E-state index contributed by atoms with van der Waals surface area (Å²) in [6.45, 7) is 6.77. The molecule has 2 nitrogen and oxygen atoms in total. The van der Waals surface area contributed by atoms with E-state index in [9.17, 15) is 0 Å². The molecule has 2 unspecified atom stereocenters. The lowest BCUT2D eigenvalue weighted by molar-refractivity contribution is 0.252. The monoisotopic (exact) mass is 278 g/mol. The summed E-state index contributed by atoms with van der Waals surface area (Å²) in [6.07, 6.45) is 3.90. The Bertz CT molecular complexity index is 458. The third-order valence-electron chi connectivity index (χ3n) is 4.79. The average Bonchev–Trinajstić information content (AvgIpc) is 3.24. The third-order valence-corrected chi connectivity index (χ3v) is 5.11. The van der Waals surface area contributed by atoms with Gasteiger partial charge >= 0.3 is 0 Å². The van der Waals surface area contributed by atoms with Crippen molar-refractivity contribution in [2.75, 3.05) is 18.0 Å². The van der Waals surface area contributed by atoms with E-state index in [4.69, 9.17) is 11.6 Å². The van der Waals surface area contributed by atoms with Gasteiger partial charge < -0.3 is 10.2 Å². The first-order valence-electron chi connectivity index (χ1n) is 7.40. The molecule has 1 N–H and O–H groups in total. The van der Waals surface area contributed by atoms with Crippen LogP contribution in [0.5, 0.6) is 0 Å². The number of benzene rings is 1. The Balaban J connectivity index is 1.89. The number of anilines is 1. The molecule has 1 heterocycles. The summed E-state index contributed by atoms with van der Waals surface area (Å²) in [4.78, 5) is 2.52. The summed E-state index contributed by atoms with van der Waals surface area (Å²) in [5.74, 6) is 0.843. The summed E-state index contributed by atoms with van der Waals surface area (Å²) in [6, 6.07) is 8.80. The van der Waals surface area contributed by atoms with Gasteiger partial charge in [0.15, 0.2) is 0 Å². The van der Waals surface area contributed by atoms with E-state index in [-0.39, 0.29) is 5.54 Å². The van der Waals surface area contributed by atoms with Gasteiger partial charge in [-0.05, 0) is 44.2 Å². The fraction of sp³-hybridized carbons (Fsp3) is 0.625. The minimum Gasteiger partial charge on any atom is -0.364 e. The normalized spacial score (nSPS) is 31.5. The average molecular weight is 279 g/mol. The quantitative estimate of drug-likeness (QED) is 0.907. The maximum Gasteiger partial charge on any atom is 0.0639 e. The molecule has 1 aliphatic heterocycles. The van der Waals surface area contributed by atoms with Crippen LogP contribution in [0, 0.1) is 5.92 Å². The van der Waals surface area contributed by atoms with Crippen LogP contribution in [0.2, 0.25) is 5.02 Å². The van der Waals surface area contributed by atoms with Gasteiger partial charge in [0.2, 0.25) is 0 Å². The second-order valence-corrected chi connectivity index (χ2v) is 6.62. The van der Waals surface area contributed by atoms with Gasteiger partial charge in [-0.15, -0.1) is 0 Å². The number of nitrogens with one attached hydrogen (secondary N) is 1. The lowest BCUT2D eigenvalue weighted by Gasteiger charge is -2.48. The summed E-state index contributed by atoms with van der Waals surface area (Å²) < 4.78 is 0. The molecule has 2 aliphatic rings. The molecule has 19 heavy (non-hydrogen) atoms. The maximum absolute atomic E-state index is 6.41. The second-order valence-electron chi connectivity index (χ2n) is 6.21. The smallest absolute Gasteiger partial charge is 0.0639 e. The van der Waals surface area contributed by atoms with Gasteiger partial charge in [0.25, 0.3) is 0 Å². The topological polar surface area (TPSA) is 15.3 Å². The fourth-order valence-electron chi connectivity index (χ4n) is 3.33. The summed E-state index contributed by atoms with van der Waals surface area (Å²) >= 11 is 6.41. The summed E-state index contributed by atoms with van der Waals surface area (Å²) in [5.41, 5.74) is 1.45. The first kappa shape index (κ1) is 13.3. The number of nitrogens with zero attached hydrogens (tertiary/aromatic N) is 1. The lowest BCUT2D eigenvalue weighted by Crippen LogP contribution is -2.64. The predicted molar refractivity (Wildman–Crippen MR) is 82.0 cm³/mol. The number of hydrogen-bond donors (Lipinski definition) is 1. The summed E-state index contributed by atoms with van der Waals surface area (Å²) in [5, 5.41) is 4.67. The Morgan fingerprint density at radius 1 is 1.37 bits per heavy atom. The lowest BCUT2D eigenvalue weighted by atomic mass is 9.90. The third kappa shape index (κ3) is 2.48. The molecule has 1 aromatic carbocycles. The van der Waals surface area contributed by atoms with E-state index in [0.717, 1.165) is 30.5 Å². The van der Waals surface area contributed by atoms with Gasteiger partial charge in [-0.1, -0.05) is 30.7 Å². The molecule has 2 fully saturated rings. The van der Waals surface area contributed by atoms with Gasteiger partial charge in [-0.25, -0.2) is 0 Å². The van der Waals surface area contributed by atoms with Crippen LogP contribution < -0.4 is 10.2 Å². The molecule has 104 valence electrons. The fourth-order valence-corrected chi connectivity index (χ4v) is 3.57. The molecule has 0 bridgehead atoms. The Labute approximate surface area is 121 Å². The van der Waals surface area contributed by atoms with Crippen molar-refractivity contribution in [2.45, 2.75) is 44.7 Å². The van der Waals surface area contributed by atoms with Crippen LogP contribution >= 0.6 is 11.6 Å². The van der Waals surface area contributed by atoms with E-state index in [2.05, 4.69) is 36.2 Å². The zero-order valence-corrected chi connectivity index (χ0v) is 12.6. The number of rotatable bonds is 3. The molecule has 0 aromatic heterocycles. The van der Waals surface area contributed by atoms with Crippen molar-refractivity contribution in [2.24, 2.45) is 5.92 Å². The van der Waals surface area contributed by atoms with Crippen molar-refractivity contribution in [3.63, 3.8) is 0 Å². The van der Waals surface area contributed by atoms with Crippen LogP contribution in [0.4, 0.5) is 5.69 Å². The zero-order chi connectivity index (χ0) is 13.5. The number of halogens is 1. The van der Waals surface area contributed by atoms with Crippen molar-refractivity contribution in [1.29, 1.82) is 0 Å². The molecule has 1 saturated heterocycles. The maximum atomic E-state index is 6.41. The highest BCUT2D eigenvalue weighted by Gasteiger charge is 2.45. The molecule has 0 radical (unpaired) electrons. The van der Waals surface area contributed by atoms with Crippen molar-refractivity contribution < 1.29 is 0 Å². The second kappa shape index (κ2) is 4.99. The Morgan fingerprint density at radius 3 is 2.74 bits per heavy atom. The standard InChI is InChI=1S/C16H23ClN2/c1-3-13-10-18-16(2,12-8-9-12)11-19(13)15-7-5-4-6-14(15)17/h4-7,12-13,18H,3,8-11H2,1-2H3. The largest absolute Gasteiger partial charge is 0.364 e. The molecule has 0 spiro atoms. The SMILES string of the molecule is CCC1CNC(C)(C2CC2)CN1c1ccccc1Cl. The van der Waals surface area contributed by atoms with E-state index >= 15 is 0 Å². The molecule has 2 atom stereocenters. The number of para-hydroxylation sites is 1. The van der Waals surface area contributed by atoms with Crippen molar-refractivity contribution in [3.8, 4) is 0 Å². The molecule has 3 rings (SSSR count). The summed E-state index contributed by atoms with van der Waals surface area (Å²) in [7, 11) is 0. The van der Waals surface area contributed by atoms with Crippen LogP contribution in [0.3, 0.4) is 0 Å². The van der Waals surface area contributed by atoms with Crippen LogP contribution in [-0.2, 0) is 0 Å². The molecule has 1 saturated carbocycles. The molecule has 1 aliphatic carbocycles. The van der Waals surface area contributed by atoms with Gasteiger partial charge in [-0.2, -0.15) is 0 Å². The van der Waals surface area contributed by atoms with E-state index in [1.54, 1.807) is 0 Å². The molecular weight excluding hydrogens is 256 g/mol. The highest BCUT2D eigenvalue weighted by molar-refractivity contribution is 6.33. The van der Waals surface area contributed by atoms with Crippen molar-refractivity contribution in [1.82, 2.24) is 5.32 Å². The Morgan fingerprint density at radius 2 is 2.11 bits per heavy atom. The Hall–Kier alpha value is -0.730. The van der Waals surface area contributed by atoms with Gasteiger partial charge in [-0.3, -0.25) is 0 Å². The minimum atomic E-state index is 0.255. The predicted octanol–water partition coefficient (Wildman–Crippen LogP) is 3.70. The van der Waals surface area contributed by atoms with E-state index in [0.29, 0.717) is 6.04 Å². The molecule has 1 aromatic rings. The van der Waals surface area contributed by atoms with Gasteiger partial charge in [0, 0.05) is 24.7 Å². The van der Waals surface area contributed by atoms with Crippen LogP contribution in [0.15, 0.2) is 24.3 Å². The first-order chi connectivity index (χ1) is 9.14. The molecule has 3 heteroatoms. The van der Waals surface area contributed by atoms with Crippen LogP contribution in [0.1, 0.15) is 33.1 Å². The number of hydrogen-bond acceptors (Lipinski definition) is 2. The van der Waals surface area contributed by atoms with E-state index < -0.39 is 0 Å². The molecular formula is C16H23ClN2. The van der Waals surface area contributed by atoms with Crippen molar-refractivity contribution >= 4 is 17.3 Å². The van der Waals surface area contributed by atoms with Gasteiger partial charge in [0.05, 0.1) is 10.7 Å². The van der Waals surface area contributed by atoms with Gasteiger partial charge in [0.1, 0.15) is 0 Å². The molecule has 0 amide bonds. The van der Waals surface area contributed by atoms with Crippen LogP contribution in [-0.4, -0.2) is 24.7 Å². The highest BCUT2D eigenvalue weighted by Crippen LogP contribution is 2.43. The van der Waals surface area contributed by atoms with Crippen LogP contribution in [0.25, 0.3) is 0 Å². The van der Waals surface area contributed by atoms with E-state index in [1.165, 1.54) is 18.5 Å². The first-order valence-corrected chi connectivity index (χ1v) is 7.78. The number of piperazine rings is 1. The van der Waals surface area contributed by atoms with E-state index in [1.807, 2.05) is 12.1 Å². The minimum absolute atomic E-state index is 0.255. The van der Waals surface area contributed by atoms with Crippen molar-refractivity contribution in [3.05, 3.63) is 29.3 Å².